The molecule has 0 spiro atoms. The summed E-state index contributed by atoms with van der Waals surface area (Å²) in [6.45, 7) is 1.36. The van der Waals surface area contributed by atoms with Crippen molar-refractivity contribution in [3.8, 4) is 6.07 Å². The van der Waals surface area contributed by atoms with E-state index in [0.29, 0.717) is 17.8 Å². The highest BCUT2D eigenvalue weighted by Gasteiger charge is 2.04. The van der Waals surface area contributed by atoms with E-state index < -0.39 is 0 Å². The van der Waals surface area contributed by atoms with Gasteiger partial charge in [-0.2, -0.15) is 5.26 Å². The fourth-order valence-corrected chi connectivity index (χ4v) is 1.32. The van der Waals surface area contributed by atoms with Crippen LogP contribution >= 0.6 is 0 Å². The zero-order valence-corrected chi connectivity index (χ0v) is 8.70. The molecule has 0 heterocycles. The van der Waals surface area contributed by atoms with E-state index in [-0.39, 0.29) is 5.82 Å². The summed E-state index contributed by atoms with van der Waals surface area (Å²) in [4.78, 5) is 1.89. The van der Waals surface area contributed by atoms with E-state index in [4.69, 9.17) is 11.0 Å². The molecule has 0 aromatic heterocycles. The van der Waals surface area contributed by atoms with Crippen LogP contribution in [0.3, 0.4) is 0 Å². The Hall–Kier alpha value is -1.60. The highest BCUT2D eigenvalue weighted by molar-refractivity contribution is 5.51. The first kappa shape index (κ1) is 11.5. The first-order chi connectivity index (χ1) is 7.17. The average Bonchev–Trinajstić information content (AvgIpc) is 2.24. The lowest BCUT2D eigenvalue weighted by Gasteiger charge is -2.19. The molecular formula is C11H14FN3. The molecule has 80 valence electrons. The van der Waals surface area contributed by atoms with Gasteiger partial charge < -0.3 is 10.6 Å². The molecule has 0 bridgehead atoms. The van der Waals surface area contributed by atoms with Gasteiger partial charge in [-0.1, -0.05) is 0 Å². The van der Waals surface area contributed by atoms with Crippen LogP contribution < -0.4 is 10.6 Å². The van der Waals surface area contributed by atoms with E-state index >= 15 is 0 Å². The van der Waals surface area contributed by atoms with E-state index in [9.17, 15) is 4.39 Å². The van der Waals surface area contributed by atoms with Crippen molar-refractivity contribution >= 4 is 5.69 Å². The van der Waals surface area contributed by atoms with E-state index in [2.05, 4.69) is 0 Å². The lowest BCUT2D eigenvalue weighted by atomic mass is 10.2. The predicted molar refractivity (Wildman–Crippen MR) is 58.1 cm³/mol. The third-order valence-electron chi connectivity index (χ3n) is 2.15. The van der Waals surface area contributed by atoms with Crippen molar-refractivity contribution in [1.82, 2.24) is 0 Å². The molecule has 0 radical (unpaired) electrons. The molecule has 0 saturated heterocycles. The molecule has 0 aliphatic heterocycles. The summed E-state index contributed by atoms with van der Waals surface area (Å²) in [6.07, 6.45) is 0.842. The Morgan fingerprint density at radius 2 is 2.20 bits per heavy atom. The predicted octanol–water partition coefficient (Wildman–Crippen LogP) is 1.48. The number of anilines is 1. The topological polar surface area (TPSA) is 53.0 Å². The SMILES string of the molecule is CN(CCCN)c1cc(F)cc(C#N)c1. The summed E-state index contributed by atoms with van der Waals surface area (Å²) in [7, 11) is 1.85. The standard InChI is InChI=1S/C11H14FN3/c1-15(4-2-3-13)11-6-9(8-14)5-10(12)7-11/h5-7H,2-4,13H2,1H3. The van der Waals surface area contributed by atoms with E-state index in [1.807, 2.05) is 18.0 Å². The van der Waals surface area contributed by atoms with Gasteiger partial charge in [0.05, 0.1) is 11.6 Å². The van der Waals surface area contributed by atoms with Gasteiger partial charge in [0.2, 0.25) is 0 Å². The summed E-state index contributed by atoms with van der Waals surface area (Å²) in [5.41, 5.74) is 6.43. The van der Waals surface area contributed by atoms with Gasteiger partial charge >= 0.3 is 0 Å². The lowest BCUT2D eigenvalue weighted by molar-refractivity contribution is 0.626. The second-order valence-corrected chi connectivity index (χ2v) is 3.37. The summed E-state index contributed by atoms with van der Waals surface area (Å²) < 4.78 is 13.1. The summed E-state index contributed by atoms with van der Waals surface area (Å²) >= 11 is 0. The van der Waals surface area contributed by atoms with Crippen molar-refractivity contribution in [2.24, 2.45) is 5.73 Å². The Balaban J connectivity index is 2.84. The van der Waals surface area contributed by atoms with Crippen molar-refractivity contribution < 1.29 is 4.39 Å². The molecule has 0 saturated carbocycles. The summed E-state index contributed by atoms with van der Waals surface area (Å²) in [5.74, 6) is -0.386. The van der Waals surface area contributed by atoms with Gasteiger partial charge in [0.25, 0.3) is 0 Å². The van der Waals surface area contributed by atoms with Crippen LogP contribution in [0.2, 0.25) is 0 Å². The van der Waals surface area contributed by atoms with Crippen LogP contribution in [0.1, 0.15) is 12.0 Å². The Bertz CT molecular complexity index is 371. The number of nitriles is 1. The van der Waals surface area contributed by atoms with Gasteiger partial charge in [0.15, 0.2) is 0 Å². The first-order valence-corrected chi connectivity index (χ1v) is 4.79. The van der Waals surface area contributed by atoms with Gasteiger partial charge in [0, 0.05) is 19.3 Å². The summed E-state index contributed by atoms with van der Waals surface area (Å²) in [5, 5.41) is 8.69. The molecule has 3 nitrogen and oxygen atoms in total. The quantitative estimate of drug-likeness (QED) is 0.813. The third-order valence-corrected chi connectivity index (χ3v) is 2.15. The van der Waals surface area contributed by atoms with Gasteiger partial charge in [-0.05, 0) is 31.2 Å². The monoisotopic (exact) mass is 207 g/mol. The number of nitrogens with two attached hydrogens (primary N) is 1. The maximum atomic E-state index is 13.1. The Morgan fingerprint density at radius 3 is 2.80 bits per heavy atom. The molecule has 1 aromatic rings. The second kappa shape index (κ2) is 5.32. The smallest absolute Gasteiger partial charge is 0.126 e. The molecule has 0 aliphatic rings. The molecular weight excluding hydrogens is 193 g/mol. The van der Waals surface area contributed by atoms with Crippen LogP contribution in [0.25, 0.3) is 0 Å². The van der Waals surface area contributed by atoms with Gasteiger partial charge in [-0.25, -0.2) is 4.39 Å². The van der Waals surface area contributed by atoms with E-state index in [0.717, 1.165) is 13.0 Å². The zero-order chi connectivity index (χ0) is 11.3. The average molecular weight is 207 g/mol. The maximum absolute atomic E-state index is 13.1. The van der Waals surface area contributed by atoms with E-state index in [1.54, 1.807) is 6.07 Å². The Morgan fingerprint density at radius 1 is 1.47 bits per heavy atom. The molecule has 4 heteroatoms. The van der Waals surface area contributed by atoms with Crippen LogP contribution in [0.4, 0.5) is 10.1 Å². The molecule has 0 unspecified atom stereocenters. The Labute approximate surface area is 88.9 Å². The molecule has 1 rings (SSSR count). The normalized spacial score (nSPS) is 9.73. The van der Waals surface area contributed by atoms with Crippen LogP contribution in [-0.4, -0.2) is 20.1 Å². The third kappa shape index (κ3) is 3.22. The van der Waals surface area contributed by atoms with Gasteiger partial charge in [-0.15, -0.1) is 0 Å². The zero-order valence-electron chi connectivity index (χ0n) is 8.70. The van der Waals surface area contributed by atoms with Crippen molar-refractivity contribution in [2.45, 2.75) is 6.42 Å². The van der Waals surface area contributed by atoms with Crippen LogP contribution in [0.5, 0.6) is 0 Å². The molecule has 0 atom stereocenters. The minimum atomic E-state index is -0.386. The molecule has 0 aliphatic carbocycles. The number of nitrogens with zero attached hydrogens (tertiary/aromatic N) is 2. The van der Waals surface area contributed by atoms with Gasteiger partial charge in [-0.3, -0.25) is 0 Å². The molecule has 1 aromatic carbocycles. The molecule has 0 fully saturated rings. The number of hydrogen-bond acceptors (Lipinski definition) is 3. The number of rotatable bonds is 4. The van der Waals surface area contributed by atoms with Crippen LogP contribution in [0, 0.1) is 17.1 Å². The lowest BCUT2D eigenvalue weighted by Crippen LogP contribution is -2.21. The van der Waals surface area contributed by atoms with E-state index in [1.165, 1.54) is 12.1 Å². The number of halogens is 1. The number of hydrogen-bond donors (Lipinski definition) is 1. The first-order valence-electron chi connectivity index (χ1n) is 4.79. The van der Waals surface area contributed by atoms with Crippen LogP contribution in [-0.2, 0) is 0 Å². The highest BCUT2D eigenvalue weighted by Crippen LogP contribution is 2.17. The number of benzene rings is 1. The van der Waals surface area contributed by atoms with Crippen molar-refractivity contribution in [3.63, 3.8) is 0 Å². The second-order valence-electron chi connectivity index (χ2n) is 3.37. The van der Waals surface area contributed by atoms with Crippen molar-refractivity contribution in [1.29, 1.82) is 5.26 Å². The minimum absolute atomic E-state index is 0.338. The molecule has 15 heavy (non-hydrogen) atoms. The fraction of sp³-hybridized carbons (Fsp3) is 0.364. The van der Waals surface area contributed by atoms with Gasteiger partial charge in [0.1, 0.15) is 5.82 Å². The molecule has 2 N–H and O–H groups in total. The molecule has 0 amide bonds. The van der Waals surface area contributed by atoms with Crippen molar-refractivity contribution in [2.75, 3.05) is 25.0 Å². The minimum Gasteiger partial charge on any atom is -0.374 e. The highest BCUT2D eigenvalue weighted by atomic mass is 19.1. The summed E-state index contributed by atoms with van der Waals surface area (Å²) in [6, 6.07) is 6.23. The van der Waals surface area contributed by atoms with Crippen molar-refractivity contribution in [3.05, 3.63) is 29.6 Å². The van der Waals surface area contributed by atoms with Crippen LogP contribution in [0.15, 0.2) is 18.2 Å². The largest absolute Gasteiger partial charge is 0.374 e. The maximum Gasteiger partial charge on any atom is 0.126 e. The Kier molecular flexibility index (Phi) is 4.07. The fourth-order valence-electron chi connectivity index (χ4n) is 1.32.